The maximum absolute atomic E-state index is 14.0. The molecule has 36 heavy (non-hydrogen) atoms. The number of carbonyl (C=O) groups excluding carboxylic acids is 2. The highest BCUT2D eigenvalue weighted by Crippen LogP contribution is 2.38. The van der Waals surface area contributed by atoms with Gasteiger partial charge in [-0.15, -0.1) is 0 Å². The fourth-order valence-corrected chi connectivity index (χ4v) is 6.67. The largest absolute Gasteiger partial charge is 0.356 e. The van der Waals surface area contributed by atoms with Crippen molar-refractivity contribution in [2.75, 3.05) is 36.3 Å². The molecule has 2 aromatic carbocycles. The lowest BCUT2D eigenvalue weighted by Gasteiger charge is -2.37. The Morgan fingerprint density at radius 3 is 2.67 bits per heavy atom. The third-order valence-corrected chi connectivity index (χ3v) is 9.00. The minimum absolute atomic E-state index is 0.0496. The van der Waals surface area contributed by atoms with E-state index in [2.05, 4.69) is 28.7 Å². The van der Waals surface area contributed by atoms with Crippen LogP contribution in [-0.2, 0) is 19.6 Å². The van der Waals surface area contributed by atoms with Crippen molar-refractivity contribution in [3.05, 3.63) is 64.2 Å². The number of halogens is 1. The number of para-hydroxylation sites is 2. The summed E-state index contributed by atoms with van der Waals surface area (Å²) in [6.07, 6.45) is 3.56. The van der Waals surface area contributed by atoms with Crippen molar-refractivity contribution in [3.8, 4) is 0 Å². The molecule has 2 amide bonds. The molecule has 2 aliphatic rings. The Bertz CT molecular complexity index is 1330. The van der Waals surface area contributed by atoms with Gasteiger partial charge in [0.15, 0.2) is 0 Å². The average molecular weight is 531 g/mol. The van der Waals surface area contributed by atoms with Crippen LogP contribution in [0.3, 0.4) is 0 Å². The molecule has 0 saturated heterocycles. The standard InChI is InChI=1S/C26H31ClN4O4S/c1-17-15-24(18(2)14-20(17)27)36(34,35)31-22-7-5-4-6-21(22)29-26(33)23(31)16-25(32)28-11-8-19-9-12-30(3)13-10-19/h4-7,9,14-15,23H,8,10-13,16H2,1-3H3,(H,28,32)(H,29,33)/t23-/m1/s1. The minimum atomic E-state index is -4.20. The van der Waals surface area contributed by atoms with Crippen LogP contribution in [0.2, 0.25) is 5.02 Å². The van der Waals surface area contributed by atoms with Gasteiger partial charge in [0.25, 0.3) is 10.0 Å². The predicted molar refractivity (Wildman–Crippen MR) is 142 cm³/mol. The zero-order chi connectivity index (χ0) is 26.0. The molecule has 0 fully saturated rings. The summed E-state index contributed by atoms with van der Waals surface area (Å²) in [5.41, 5.74) is 3.05. The fourth-order valence-electron chi connectivity index (χ4n) is 4.52. The number of amides is 2. The van der Waals surface area contributed by atoms with E-state index in [1.165, 1.54) is 11.6 Å². The number of likely N-dealkylation sites (N-methyl/N-ethyl adjacent to an activating group) is 1. The lowest BCUT2D eigenvalue weighted by Crippen LogP contribution is -2.52. The Hall–Kier alpha value is -2.88. The molecule has 0 radical (unpaired) electrons. The first-order chi connectivity index (χ1) is 17.1. The van der Waals surface area contributed by atoms with Gasteiger partial charge in [0.2, 0.25) is 11.8 Å². The van der Waals surface area contributed by atoms with Crippen LogP contribution < -0.4 is 14.9 Å². The van der Waals surface area contributed by atoms with Crippen LogP contribution in [0.25, 0.3) is 0 Å². The quantitative estimate of drug-likeness (QED) is 0.533. The van der Waals surface area contributed by atoms with Crippen molar-refractivity contribution in [1.82, 2.24) is 10.2 Å². The SMILES string of the molecule is Cc1cc(S(=O)(=O)N2c3ccccc3NC(=O)[C@H]2CC(=O)NCCC2=CCN(C)CC2)c(C)cc1Cl. The summed E-state index contributed by atoms with van der Waals surface area (Å²) in [7, 11) is -2.13. The van der Waals surface area contributed by atoms with E-state index < -0.39 is 22.0 Å². The van der Waals surface area contributed by atoms with Crippen LogP contribution in [0.4, 0.5) is 11.4 Å². The van der Waals surface area contributed by atoms with Crippen molar-refractivity contribution in [2.45, 2.75) is 44.0 Å². The van der Waals surface area contributed by atoms with Crippen LogP contribution >= 0.6 is 11.6 Å². The lowest BCUT2D eigenvalue weighted by molar-refractivity contribution is -0.125. The summed E-state index contributed by atoms with van der Waals surface area (Å²) in [5, 5.41) is 6.07. The third-order valence-electron chi connectivity index (χ3n) is 6.63. The van der Waals surface area contributed by atoms with Crippen molar-refractivity contribution in [3.63, 3.8) is 0 Å². The second-order valence-electron chi connectivity index (χ2n) is 9.37. The highest BCUT2D eigenvalue weighted by Gasteiger charge is 2.42. The molecule has 0 saturated carbocycles. The van der Waals surface area contributed by atoms with Crippen LogP contribution in [0, 0.1) is 13.8 Å². The number of fused-ring (bicyclic) bond motifs is 1. The van der Waals surface area contributed by atoms with Gasteiger partial charge in [-0.05, 0) is 69.1 Å². The molecular formula is C26H31ClN4O4S. The van der Waals surface area contributed by atoms with Crippen LogP contribution in [0.1, 0.15) is 30.4 Å². The van der Waals surface area contributed by atoms with Crippen molar-refractivity contribution >= 4 is 44.8 Å². The highest BCUT2D eigenvalue weighted by molar-refractivity contribution is 7.93. The number of aryl methyl sites for hydroxylation is 2. The number of hydrogen-bond acceptors (Lipinski definition) is 5. The van der Waals surface area contributed by atoms with Gasteiger partial charge in [-0.2, -0.15) is 0 Å². The summed E-state index contributed by atoms with van der Waals surface area (Å²) >= 11 is 6.20. The Morgan fingerprint density at radius 2 is 1.94 bits per heavy atom. The summed E-state index contributed by atoms with van der Waals surface area (Å²) in [5.74, 6) is -0.930. The number of benzene rings is 2. The molecule has 2 aromatic rings. The number of sulfonamides is 1. The molecule has 2 aliphatic heterocycles. The number of hydrogen-bond donors (Lipinski definition) is 2. The van der Waals surface area contributed by atoms with E-state index in [1.807, 2.05) is 0 Å². The van der Waals surface area contributed by atoms with E-state index in [0.29, 0.717) is 34.1 Å². The Morgan fingerprint density at radius 1 is 1.19 bits per heavy atom. The van der Waals surface area contributed by atoms with Crippen LogP contribution in [-0.4, -0.2) is 57.9 Å². The highest BCUT2D eigenvalue weighted by atomic mass is 35.5. The second kappa shape index (κ2) is 10.6. The summed E-state index contributed by atoms with van der Waals surface area (Å²) < 4.78 is 29.0. The molecule has 0 bridgehead atoms. The van der Waals surface area contributed by atoms with Crippen molar-refractivity contribution < 1.29 is 18.0 Å². The Kier molecular flexibility index (Phi) is 7.73. The normalized spacial score (nSPS) is 18.3. The molecule has 8 nitrogen and oxygen atoms in total. The van der Waals surface area contributed by atoms with Crippen molar-refractivity contribution in [2.24, 2.45) is 0 Å². The maximum atomic E-state index is 14.0. The van der Waals surface area contributed by atoms with Gasteiger partial charge in [-0.25, -0.2) is 8.42 Å². The Labute approximate surface area is 217 Å². The monoisotopic (exact) mass is 530 g/mol. The molecule has 1 atom stereocenters. The zero-order valence-corrected chi connectivity index (χ0v) is 22.2. The van der Waals surface area contributed by atoms with Gasteiger partial charge in [-0.1, -0.05) is 35.4 Å². The smallest absolute Gasteiger partial charge is 0.265 e. The molecule has 0 aromatic heterocycles. The van der Waals surface area contributed by atoms with Gasteiger partial charge in [0.05, 0.1) is 22.7 Å². The van der Waals surface area contributed by atoms with Gasteiger partial charge in [0.1, 0.15) is 6.04 Å². The number of anilines is 2. The van der Waals surface area contributed by atoms with E-state index in [4.69, 9.17) is 11.6 Å². The number of carbonyl (C=O) groups is 2. The first-order valence-corrected chi connectivity index (χ1v) is 13.7. The van der Waals surface area contributed by atoms with E-state index in [0.717, 1.165) is 30.2 Å². The van der Waals surface area contributed by atoms with E-state index in [9.17, 15) is 18.0 Å². The molecule has 0 unspecified atom stereocenters. The minimum Gasteiger partial charge on any atom is -0.356 e. The molecule has 0 aliphatic carbocycles. The van der Waals surface area contributed by atoms with Gasteiger partial charge < -0.3 is 15.5 Å². The van der Waals surface area contributed by atoms with E-state index in [-0.39, 0.29) is 17.2 Å². The molecule has 2 N–H and O–H groups in total. The zero-order valence-electron chi connectivity index (χ0n) is 20.7. The first kappa shape index (κ1) is 26.2. The average Bonchev–Trinajstić information content (AvgIpc) is 2.83. The maximum Gasteiger partial charge on any atom is 0.265 e. The predicted octanol–water partition coefficient (Wildman–Crippen LogP) is 3.63. The van der Waals surface area contributed by atoms with Gasteiger partial charge in [-0.3, -0.25) is 13.9 Å². The van der Waals surface area contributed by atoms with Gasteiger partial charge in [0, 0.05) is 24.7 Å². The number of nitrogens with zero attached hydrogens (tertiary/aromatic N) is 2. The van der Waals surface area contributed by atoms with Crippen LogP contribution in [0.15, 0.2) is 52.9 Å². The van der Waals surface area contributed by atoms with Crippen LogP contribution in [0.5, 0.6) is 0 Å². The Balaban J connectivity index is 1.60. The third kappa shape index (κ3) is 5.43. The molecule has 2 heterocycles. The fraction of sp³-hybridized carbons (Fsp3) is 0.385. The molecular weight excluding hydrogens is 500 g/mol. The second-order valence-corrected chi connectivity index (χ2v) is 11.6. The molecule has 10 heteroatoms. The van der Waals surface area contributed by atoms with E-state index >= 15 is 0 Å². The summed E-state index contributed by atoms with van der Waals surface area (Å²) in [4.78, 5) is 28.3. The lowest BCUT2D eigenvalue weighted by atomic mass is 10.0. The summed E-state index contributed by atoms with van der Waals surface area (Å²) in [6, 6.07) is 8.55. The molecule has 4 rings (SSSR count). The molecule has 192 valence electrons. The van der Waals surface area contributed by atoms with Crippen molar-refractivity contribution in [1.29, 1.82) is 0 Å². The molecule has 0 spiro atoms. The number of nitrogens with one attached hydrogen (secondary N) is 2. The van der Waals surface area contributed by atoms with Gasteiger partial charge >= 0.3 is 0 Å². The summed E-state index contributed by atoms with van der Waals surface area (Å²) in [6.45, 7) is 5.69. The number of rotatable bonds is 7. The topological polar surface area (TPSA) is 98.8 Å². The van der Waals surface area contributed by atoms with E-state index in [1.54, 1.807) is 44.2 Å². The first-order valence-electron chi connectivity index (χ1n) is 11.9.